The summed E-state index contributed by atoms with van der Waals surface area (Å²) in [6, 6.07) is 11.1. The van der Waals surface area contributed by atoms with Crippen LogP contribution < -0.4 is 4.90 Å². The van der Waals surface area contributed by atoms with Crippen LogP contribution in [0.25, 0.3) is 10.2 Å². The van der Waals surface area contributed by atoms with Crippen molar-refractivity contribution in [3.8, 4) is 0 Å². The van der Waals surface area contributed by atoms with Crippen molar-refractivity contribution in [3.63, 3.8) is 0 Å². The summed E-state index contributed by atoms with van der Waals surface area (Å²) in [4.78, 5) is 21.7. The largest absolute Gasteiger partial charge is 0.345 e. The van der Waals surface area contributed by atoms with Gasteiger partial charge >= 0.3 is 0 Å². The first-order valence-corrected chi connectivity index (χ1v) is 12.2. The van der Waals surface area contributed by atoms with Gasteiger partial charge in [0.25, 0.3) is 5.91 Å². The van der Waals surface area contributed by atoms with Crippen LogP contribution in [0.15, 0.2) is 41.3 Å². The maximum Gasteiger partial charge on any atom is 0.253 e. The van der Waals surface area contributed by atoms with Crippen LogP contribution in [0.4, 0.5) is 5.13 Å². The molecule has 1 fully saturated rings. The van der Waals surface area contributed by atoms with E-state index < -0.39 is 9.84 Å². The second-order valence-electron chi connectivity index (χ2n) is 7.45. The number of hydrogen-bond donors (Lipinski definition) is 0. The van der Waals surface area contributed by atoms with Gasteiger partial charge in [-0.3, -0.25) is 4.79 Å². The van der Waals surface area contributed by atoms with E-state index in [2.05, 4.69) is 9.88 Å². The molecule has 0 aliphatic carbocycles. The average molecular weight is 430 g/mol. The summed E-state index contributed by atoms with van der Waals surface area (Å²) < 4.78 is 24.9. The Morgan fingerprint density at radius 1 is 1.03 bits per heavy atom. The zero-order valence-corrected chi connectivity index (χ0v) is 18.3. The van der Waals surface area contributed by atoms with Crippen molar-refractivity contribution in [2.24, 2.45) is 0 Å². The Kier molecular flexibility index (Phi) is 5.08. The molecule has 0 spiro atoms. The van der Waals surface area contributed by atoms with Crippen LogP contribution in [0.2, 0.25) is 0 Å². The fourth-order valence-electron chi connectivity index (χ4n) is 3.50. The molecule has 1 aliphatic heterocycles. The Labute approximate surface area is 174 Å². The standard InChI is InChI=1S/C21H23N3O3S2/c1-14-7-8-16(13-15(14)2)20(25)23-9-11-24(12-10-23)21-22-19-17(28-21)5-4-6-18(19)29(3,26)27/h4-8,13H,9-12H2,1-3H3. The maximum absolute atomic E-state index is 12.8. The second-order valence-corrected chi connectivity index (χ2v) is 10.4. The highest BCUT2D eigenvalue weighted by molar-refractivity contribution is 7.91. The molecular formula is C21H23N3O3S2. The first-order chi connectivity index (χ1) is 13.7. The lowest BCUT2D eigenvalue weighted by Gasteiger charge is -2.34. The van der Waals surface area contributed by atoms with Crippen molar-refractivity contribution < 1.29 is 13.2 Å². The van der Waals surface area contributed by atoms with Gasteiger partial charge < -0.3 is 9.80 Å². The quantitative estimate of drug-likeness (QED) is 0.639. The number of carbonyl (C=O) groups excluding carboxylic acids is 1. The van der Waals surface area contributed by atoms with Gasteiger partial charge in [-0.25, -0.2) is 13.4 Å². The molecule has 3 aromatic rings. The molecule has 1 aromatic heterocycles. The lowest BCUT2D eigenvalue weighted by molar-refractivity contribution is 0.0746. The Morgan fingerprint density at radius 3 is 2.41 bits per heavy atom. The van der Waals surface area contributed by atoms with Crippen molar-refractivity contribution >= 4 is 42.4 Å². The molecule has 152 valence electrons. The van der Waals surface area contributed by atoms with E-state index in [0.29, 0.717) is 31.7 Å². The highest BCUT2D eigenvalue weighted by Crippen LogP contribution is 2.33. The van der Waals surface area contributed by atoms with Crippen LogP contribution in [0, 0.1) is 13.8 Å². The number of amides is 1. The van der Waals surface area contributed by atoms with Crippen molar-refractivity contribution in [2.45, 2.75) is 18.7 Å². The molecule has 1 amide bonds. The third kappa shape index (κ3) is 3.86. The number of thiazole rings is 1. The molecule has 8 heteroatoms. The predicted molar refractivity (Wildman–Crippen MR) is 117 cm³/mol. The van der Waals surface area contributed by atoms with Crippen molar-refractivity contribution in [3.05, 3.63) is 53.1 Å². The summed E-state index contributed by atoms with van der Waals surface area (Å²) in [5, 5.41) is 0.800. The summed E-state index contributed by atoms with van der Waals surface area (Å²) in [5.41, 5.74) is 3.55. The number of anilines is 1. The number of para-hydroxylation sites is 1. The lowest BCUT2D eigenvalue weighted by atomic mass is 10.1. The van der Waals surface area contributed by atoms with E-state index in [4.69, 9.17) is 0 Å². The van der Waals surface area contributed by atoms with Crippen molar-refractivity contribution in [1.82, 2.24) is 9.88 Å². The van der Waals surface area contributed by atoms with Gasteiger partial charge in [-0.05, 0) is 49.2 Å². The van der Waals surface area contributed by atoms with Crippen molar-refractivity contribution in [2.75, 3.05) is 37.3 Å². The van der Waals surface area contributed by atoms with Crippen LogP contribution in [0.1, 0.15) is 21.5 Å². The molecule has 2 heterocycles. The molecule has 0 atom stereocenters. The first kappa shape index (κ1) is 19.8. The fraction of sp³-hybridized carbons (Fsp3) is 0.333. The maximum atomic E-state index is 12.8. The number of rotatable bonds is 3. The molecule has 0 radical (unpaired) electrons. The van der Waals surface area contributed by atoms with E-state index in [1.807, 2.05) is 43.0 Å². The van der Waals surface area contributed by atoms with E-state index in [-0.39, 0.29) is 10.8 Å². The Bertz CT molecular complexity index is 1190. The van der Waals surface area contributed by atoms with Gasteiger partial charge in [-0.1, -0.05) is 23.5 Å². The summed E-state index contributed by atoms with van der Waals surface area (Å²) >= 11 is 1.49. The fourth-order valence-corrected chi connectivity index (χ4v) is 5.45. The van der Waals surface area contributed by atoms with Gasteiger partial charge in [-0.15, -0.1) is 0 Å². The number of nitrogens with zero attached hydrogens (tertiary/aromatic N) is 3. The van der Waals surface area contributed by atoms with E-state index >= 15 is 0 Å². The minimum absolute atomic E-state index is 0.0522. The summed E-state index contributed by atoms with van der Waals surface area (Å²) in [5.74, 6) is 0.0522. The second kappa shape index (κ2) is 7.42. The SMILES string of the molecule is Cc1ccc(C(=O)N2CCN(c3nc4c(S(C)(=O)=O)cccc4s3)CC2)cc1C. The monoisotopic (exact) mass is 429 g/mol. The molecule has 29 heavy (non-hydrogen) atoms. The minimum atomic E-state index is -3.33. The number of sulfone groups is 1. The minimum Gasteiger partial charge on any atom is -0.345 e. The molecule has 0 saturated carbocycles. The lowest BCUT2D eigenvalue weighted by Crippen LogP contribution is -2.48. The smallest absolute Gasteiger partial charge is 0.253 e. The summed E-state index contributed by atoms with van der Waals surface area (Å²) in [6.07, 6.45) is 1.21. The van der Waals surface area contributed by atoms with Gasteiger partial charge in [0, 0.05) is 38.0 Å². The van der Waals surface area contributed by atoms with E-state index in [9.17, 15) is 13.2 Å². The van der Waals surface area contributed by atoms with Gasteiger partial charge in [-0.2, -0.15) is 0 Å². The van der Waals surface area contributed by atoms with E-state index in [1.54, 1.807) is 12.1 Å². The topological polar surface area (TPSA) is 70.6 Å². The van der Waals surface area contributed by atoms with Crippen molar-refractivity contribution in [1.29, 1.82) is 0 Å². The number of aromatic nitrogens is 1. The Hall–Kier alpha value is -2.45. The number of fused-ring (bicyclic) bond motifs is 1. The zero-order chi connectivity index (χ0) is 20.8. The number of aryl methyl sites for hydroxylation is 2. The molecule has 6 nitrogen and oxygen atoms in total. The van der Waals surface area contributed by atoms with E-state index in [1.165, 1.54) is 23.2 Å². The molecular weight excluding hydrogens is 406 g/mol. The van der Waals surface area contributed by atoms with Crippen LogP contribution in [-0.4, -0.2) is 56.6 Å². The van der Waals surface area contributed by atoms with Crippen LogP contribution in [0.5, 0.6) is 0 Å². The summed E-state index contributed by atoms with van der Waals surface area (Å²) in [7, 11) is -3.33. The number of hydrogen-bond acceptors (Lipinski definition) is 6. The normalized spacial score (nSPS) is 15.1. The Balaban J connectivity index is 1.51. The van der Waals surface area contributed by atoms with E-state index in [0.717, 1.165) is 21.0 Å². The summed E-state index contributed by atoms with van der Waals surface area (Å²) in [6.45, 7) is 6.62. The highest BCUT2D eigenvalue weighted by atomic mass is 32.2. The third-order valence-corrected chi connectivity index (χ3v) is 7.57. The molecule has 0 unspecified atom stereocenters. The third-order valence-electron chi connectivity index (χ3n) is 5.36. The van der Waals surface area contributed by atoms with Crippen LogP contribution >= 0.6 is 11.3 Å². The predicted octanol–water partition coefficient (Wildman–Crippen LogP) is 3.28. The molecule has 0 N–H and O–H groups in total. The van der Waals surface area contributed by atoms with Gasteiger partial charge in [0.1, 0.15) is 5.52 Å². The van der Waals surface area contributed by atoms with Crippen LogP contribution in [0.3, 0.4) is 0 Å². The van der Waals surface area contributed by atoms with Gasteiger partial charge in [0.05, 0.1) is 9.60 Å². The van der Waals surface area contributed by atoms with Crippen LogP contribution in [-0.2, 0) is 9.84 Å². The first-order valence-electron chi connectivity index (χ1n) is 9.45. The molecule has 1 saturated heterocycles. The zero-order valence-electron chi connectivity index (χ0n) is 16.7. The molecule has 0 bridgehead atoms. The van der Waals surface area contributed by atoms with Gasteiger partial charge in [0.2, 0.25) is 0 Å². The molecule has 4 rings (SSSR count). The number of benzene rings is 2. The molecule has 2 aromatic carbocycles. The number of piperazine rings is 1. The van der Waals surface area contributed by atoms with Gasteiger partial charge in [0.15, 0.2) is 15.0 Å². The number of carbonyl (C=O) groups is 1. The average Bonchev–Trinajstić information content (AvgIpc) is 3.13. The Morgan fingerprint density at radius 2 is 1.76 bits per heavy atom. The highest BCUT2D eigenvalue weighted by Gasteiger charge is 2.25. The molecule has 1 aliphatic rings.